The Morgan fingerprint density at radius 1 is 0.964 bits per heavy atom. The highest BCUT2D eigenvalue weighted by molar-refractivity contribution is 8.00. The number of hydrogen-bond acceptors (Lipinski definition) is 8. The number of aromatic nitrogens is 2. The van der Waals surface area contributed by atoms with Crippen molar-refractivity contribution in [2.75, 3.05) is 21.3 Å². The van der Waals surface area contributed by atoms with E-state index in [0.29, 0.717) is 39.5 Å². The number of nitrogens with zero attached hydrogens (tertiary/aromatic N) is 2. The van der Waals surface area contributed by atoms with Crippen molar-refractivity contribution in [3.05, 3.63) is 48.0 Å². The van der Waals surface area contributed by atoms with Crippen LogP contribution >= 0.6 is 11.8 Å². The van der Waals surface area contributed by atoms with Crippen molar-refractivity contribution in [2.24, 2.45) is 0 Å². The molecule has 3 aromatic rings. The summed E-state index contributed by atoms with van der Waals surface area (Å²) in [5.41, 5.74) is 1.30. The van der Waals surface area contributed by atoms with Crippen LogP contribution in [0.25, 0.3) is 11.5 Å². The van der Waals surface area contributed by atoms with Gasteiger partial charge in [-0.3, -0.25) is 4.79 Å². The first-order chi connectivity index (χ1) is 13.5. The molecule has 0 saturated carbocycles. The number of Topliss-reactive ketones (excluding diaryl/α,β-unsaturated/α-hetero) is 1. The molecule has 1 heterocycles. The smallest absolute Gasteiger partial charge is 0.277 e. The summed E-state index contributed by atoms with van der Waals surface area (Å²) in [6.45, 7) is 1.80. The van der Waals surface area contributed by atoms with Crippen LogP contribution in [-0.4, -0.2) is 42.6 Å². The third-order valence-corrected chi connectivity index (χ3v) is 4.99. The molecule has 0 unspecified atom stereocenters. The van der Waals surface area contributed by atoms with E-state index in [1.54, 1.807) is 70.7 Å². The number of hydrogen-bond donors (Lipinski definition) is 0. The van der Waals surface area contributed by atoms with Crippen LogP contribution in [0.2, 0.25) is 0 Å². The highest BCUT2D eigenvalue weighted by Gasteiger charge is 2.20. The molecule has 0 bridgehead atoms. The van der Waals surface area contributed by atoms with Crippen molar-refractivity contribution in [1.29, 1.82) is 0 Å². The largest absolute Gasteiger partial charge is 0.497 e. The maximum atomic E-state index is 12.6. The number of thioether (sulfide) groups is 1. The van der Waals surface area contributed by atoms with Gasteiger partial charge in [0.05, 0.1) is 26.6 Å². The van der Waals surface area contributed by atoms with Gasteiger partial charge < -0.3 is 18.6 Å². The number of benzene rings is 2. The van der Waals surface area contributed by atoms with E-state index in [1.807, 2.05) is 0 Å². The van der Waals surface area contributed by atoms with Gasteiger partial charge in [-0.25, -0.2) is 0 Å². The van der Waals surface area contributed by atoms with E-state index in [2.05, 4.69) is 10.2 Å². The van der Waals surface area contributed by atoms with Gasteiger partial charge in [0.1, 0.15) is 5.75 Å². The fourth-order valence-electron chi connectivity index (χ4n) is 2.54. The van der Waals surface area contributed by atoms with Crippen LogP contribution in [0.5, 0.6) is 17.2 Å². The lowest BCUT2D eigenvalue weighted by Crippen LogP contribution is -2.13. The molecule has 0 aliphatic heterocycles. The highest BCUT2D eigenvalue weighted by atomic mass is 32.2. The molecule has 0 radical (unpaired) electrons. The van der Waals surface area contributed by atoms with Crippen LogP contribution in [0, 0.1) is 0 Å². The Labute approximate surface area is 167 Å². The zero-order valence-corrected chi connectivity index (χ0v) is 16.8. The van der Waals surface area contributed by atoms with E-state index >= 15 is 0 Å². The Bertz CT molecular complexity index is 955. The first kappa shape index (κ1) is 19.8. The van der Waals surface area contributed by atoms with Crippen LogP contribution in [0.4, 0.5) is 0 Å². The van der Waals surface area contributed by atoms with Crippen molar-refractivity contribution in [1.82, 2.24) is 10.2 Å². The zero-order chi connectivity index (χ0) is 20.1. The summed E-state index contributed by atoms with van der Waals surface area (Å²) < 4.78 is 21.3. The molecule has 1 aromatic heterocycles. The van der Waals surface area contributed by atoms with Gasteiger partial charge in [0.15, 0.2) is 17.3 Å². The topological polar surface area (TPSA) is 83.7 Å². The summed E-state index contributed by atoms with van der Waals surface area (Å²) in [6.07, 6.45) is 0. The molecule has 2 aromatic carbocycles. The van der Waals surface area contributed by atoms with Gasteiger partial charge >= 0.3 is 0 Å². The summed E-state index contributed by atoms with van der Waals surface area (Å²) in [5, 5.41) is 8.04. The lowest BCUT2D eigenvalue weighted by molar-refractivity contribution is 0.0993. The van der Waals surface area contributed by atoms with Crippen LogP contribution in [0.15, 0.2) is 52.1 Å². The minimum absolute atomic E-state index is 0.0291. The molecule has 7 nitrogen and oxygen atoms in total. The summed E-state index contributed by atoms with van der Waals surface area (Å²) in [4.78, 5) is 12.6. The van der Waals surface area contributed by atoms with Crippen LogP contribution in [-0.2, 0) is 0 Å². The second-order valence-corrected chi connectivity index (χ2v) is 7.09. The van der Waals surface area contributed by atoms with Gasteiger partial charge in [0, 0.05) is 11.1 Å². The van der Waals surface area contributed by atoms with E-state index < -0.39 is 0 Å². The quantitative estimate of drug-likeness (QED) is 0.412. The number of rotatable bonds is 8. The van der Waals surface area contributed by atoms with Crippen molar-refractivity contribution in [3.8, 4) is 28.7 Å². The van der Waals surface area contributed by atoms with Gasteiger partial charge in [0.2, 0.25) is 5.89 Å². The predicted molar refractivity (Wildman–Crippen MR) is 105 cm³/mol. The Morgan fingerprint density at radius 3 is 2.32 bits per heavy atom. The Kier molecular flexibility index (Phi) is 6.20. The van der Waals surface area contributed by atoms with Gasteiger partial charge in [-0.15, -0.1) is 10.2 Å². The molecule has 0 aliphatic carbocycles. The number of ketones is 1. The maximum absolute atomic E-state index is 12.6. The molecular formula is C20H20N2O5S. The average molecular weight is 400 g/mol. The van der Waals surface area contributed by atoms with Gasteiger partial charge in [-0.2, -0.15) is 0 Å². The molecule has 0 aliphatic rings. The van der Waals surface area contributed by atoms with E-state index in [4.69, 9.17) is 18.6 Å². The molecule has 0 fully saturated rings. The monoisotopic (exact) mass is 400 g/mol. The van der Waals surface area contributed by atoms with Crippen molar-refractivity contribution in [3.63, 3.8) is 0 Å². The molecule has 146 valence electrons. The van der Waals surface area contributed by atoms with E-state index in [9.17, 15) is 4.79 Å². The molecule has 0 spiro atoms. The molecule has 8 heteroatoms. The minimum atomic E-state index is -0.382. The van der Waals surface area contributed by atoms with Gasteiger partial charge in [0.25, 0.3) is 5.22 Å². The van der Waals surface area contributed by atoms with Gasteiger partial charge in [-0.1, -0.05) is 11.8 Å². The molecular weight excluding hydrogens is 380 g/mol. The molecule has 3 rings (SSSR count). The normalized spacial score (nSPS) is 11.7. The highest BCUT2D eigenvalue weighted by Crippen LogP contribution is 2.33. The SMILES string of the molecule is COc1ccc(C(=O)[C@H](C)Sc2nnc(-c3ccc(OC)c(OC)c3)o2)cc1. The lowest BCUT2D eigenvalue weighted by atomic mass is 10.1. The number of methoxy groups -OCH3 is 3. The van der Waals surface area contributed by atoms with Crippen molar-refractivity contribution >= 4 is 17.5 Å². The number of ether oxygens (including phenoxy) is 3. The third-order valence-electron chi connectivity index (χ3n) is 4.06. The van der Waals surface area contributed by atoms with E-state index in [0.717, 1.165) is 0 Å². The number of carbonyl (C=O) groups excluding carboxylic acids is 1. The molecule has 0 saturated heterocycles. The standard InChI is InChI=1S/C20H20N2O5S/c1-12(18(23)13-5-8-15(24-2)9-6-13)28-20-22-21-19(27-20)14-7-10-16(25-3)17(11-14)26-4/h5-12H,1-4H3/t12-/m0/s1. The summed E-state index contributed by atoms with van der Waals surface area (Å²) in [6, 6.07) is 12.3. The van der Waals surface area contributed by atoms with Crippen LogP contribution < -0.4 is 14.2 Å². The predicted octanol–water partition coefficient (Wildman–Crippen LogP) is 4.13. The minimum Gasteiger partial charge on any atom is -0.497 e. The zero-order valence-electron chi connectivity index (χ0n) is 16.0. The third kappa shape index (κ3) is 4.28. The van der Waals surface area contributed by atoms with Crippen molar-refractivity contribution < 1.29 is 23.4 Å². The van der Waals surface area contributed by atoms with E-state index in [1.165, 1.54) is 11.8 Å². The summed E-state index contributed by atoms with van der Waals surface area (Å²) >= 11 is 1.21. The summed E-state index contributed by atoms with van der Waals surface area (Å²) in [5.74, 6) is 2.19. The Hall–Kier alpha value is -3.00. The maximum Gasteiger partial charge on any atom is 0.277 e. The molecule has 0 amide bonds. The Morgan fingerprint density at radius 2 is 1.68 bits per heavy atom. The van der Waals surface area contributed by atoms with Crippen LogP contribution in [0.3, 0.4) is 0 Å². The van der Waals surface area contributed by atoms with Gasteiger partial charge in [-0.05, 0) is 49.4 Å². The lowest BCUT2D eigenvalue weighted by Gasteiger charge is -2.08. The Balaban J connectivity index is 1.72. The molecule has 0 N–H and O–H groups in total. The molecule has 28 heavy (non-hydrogen) atoms. The first-order valence-corrected chi connectivity index (χ1v) is 9.34. The second-order valence-electron chi connectivity index (χ2n) is 5.80. The second kappa shape index (κ2) is 8.79. The fourth-order valence-corrected chi connectivity index (χ4v) is 3.30. The van der Waals surface area contributed by atoms with E-state index in [-0.39, 0.29) is 11.0 Å². The average Bonchev–Trinajstić information content (AvgIpc) is 3.21. The molecule has 1 atom stereocenters. The van der Waals surface area contributed by atoms with Crippen LogP contribution in [0.1, 0.15) is 17.3 Å². The first-order valence-electron chi connectivity index (χ1n) is 8.46. The number of carbonyl (C=O) groups is 1. The summed E-state index contributed by atoms with van der Waals surface area (Å²) in [7, 11) is 4.71. The fraction of sp³-hybridized carbons (Fsp3) is 0.250. The van der Waals surface area contributed by atoms with Crippen molar-refractivity contribution in [2.45, 2.75) is 17.4 Å².